The van der Waals surface area contributed by atoms with Gasteiger partial charge in [-0.05, 0) is 44.8 Å². The molecule has 21 heavy (non-hydrogen) atoms. The molecule has 0 unspecified atom stereocenters. The highest BCUT2D eigenvalue weighted by molar-refractivity contribution is 5.50. The second kappa shape index (κ2) is 8.95. The summed E-state index contributed by atoms with van der Waals surface area (Å²) >= 11 is 0. The summed E-state index contributed by atoms with van der Waals surface area (Å²) in [5, 5.41) is 3.08. The van der Waals surface area contributed by atoms with Gasteiger partial charge in [-0.15, -0.1) is 0 Å². The molecule has 0 aromatic heterocycles. The smallest absolute Gasteiger partial charge is 0.149 e. The van der Waals surface area contributed by atoms with Crippen molar-refractivity contribution < 1.29 is 8.78 Å². The van der Waals surface area contributed by atoms with Gasteiger partial charge < -0.3 is 15.1 Å². The van der Waals surface area contributed by atoms with Gasteiger partial charge in [-0.2, -0.15) is 0 Å². The molecule has 0 bridgehead atoms. The number of halogens is 2. The monoisotopic (exact) mass is 299 g/mol. The quantitative estimate of drug-likeness (QED) is 0.756. The fourth-order valence-corrected chi connectivity index (χ4v) is 2.22. The van der Waals surface area contributed by atoms with Gasteiger partial charge >= 0.3 is 0 Å². The van der Waals surface area contributed by atoms with E-state index in [0.717, 1.165) is 19.5 Å². The Balaban J connectivity index is 2.96. The lowest BCUT2D eigenvalue weighted by Crippen LogP contribution is -2.33. The number of hydrogen-bond donors (Lipinski definition) is 1. The van der Waals surface area contributed by atoms with E-state index in [0.29, 0.717) is 25.2 Å². The molecule has 0 fully saturated rings. The van der Waals surface area contributed by atoms with Crippen molar-refractivity contribution in [3.05, 3.63) is 29.3 Å². The molecule has 0 aliphatic carbocycles. The lowest BCUT2D eigenvalue weighted by Gasteiger charge is -2.27. The predicted octanol–water partition coefficient (Wildman–Crippen LogP) is 2.85. The van der Waals surface area contributed by atoms with E-state index >= 15 is 0 Å². The third kappa shape index (κ3) is 5.59. The van der Waals surface area contributed by atoms with E-state index in [1.54, 1.807) is 4.90 Å². The van der Waals surface area contributed by atoms with Crippen LogP contribution < -0.4 is 10.2 Å². The molecule has 0 aliphatic rings. The lowest BCUT2D eigenvalue weighted by molar-refractivity contribution is 0.410. The molecule has 1 rings (SSSR count). The summed E-state index contributed by atoms with van der Waals surface area (Å²) in [5.41, 5.74) is 0.735. The van der Waals surface area contributed by atoms with Crippen LogP contribution in [0.5, 0.6) is 0 Å². The number of hydrogen-bond acceptors (Lipinski definition) is 3. The van der Waals surface area contributed by atoms with Crippen molar-refractivity contribution in [2.45, 2.75) is 26.8 Å². The van der Waals surface area contributed by atoms with E-state index < -0.39 is 11.6 Å². The number of likely N-dealkylation sites (N-methyl/N-ethyl adjacent to an activating group) is 1. The normalized spacial score (nSPS) is 11.2. The lowest BCUT2D eigenvalue weighted by atomic mass is 10.1. The zero-order valence-corrected chi connectivity index (χ0v) is 13.5. The maximum Gasteiger partial charge on any atom is 0.149 e. The Labute approximate surface area is 126 Å². The molecule has 0 radical (unpaired) electrons. The molecular weight excluding hydrogens is 272 g/mol. The van der Waals surface area contributed by atoms with Crippen LogP contribution in [0.4, 0.5) is 14.5 Å². The van der Waals surface area contributed by atoms with Crippen LogP contribution >= 0.6 is 0 Å². The van der Waals surface area contributed by atoms with Crippen LogP contribution in [0.15, 0.2) is 12.1 Å². The highest BCUT2D eigenvalue weighted by Gasteiger charge is 2.17. The Morgan fingerprint density at radius 3 is 2.10 bits per heavy atom. The third-order valence-corrected chi connectivity index (χ3v) is 3.28. The van der Waals surface area contributed by atoms with E-state index in [9.17, 15) is 8.78 Å². The summed E-state index contributed by atoms with van der Waals surface area (Å²) in [6, 6.07) is 2.86. The molecule has 0 heterocycles. The van der Waals surface area contributed by atoms with E-state index in [1.165, 1.54) is 12.1 Å². The van der Waals surface area contributed by atoms with Gasteiger partial charge in [-0.25, -0.2) is 8.78 Å². The van der Waals surface area contributed by atoms with Gasteiger partial charge in [-0.1, -0.05) is 13.8 Å². The Morgan fingerprint density at radius 2 is 1.62 bits per heavy atom. The van der Waals surface area contributed by atoms with Crippen molar-refractivity contribution >= 4 is 5.69 Å². The van der Waals surface area contributed by atoms with E-state index in [1.807, 2.05) is 32.8 Å². The SMILES string of the molecule is CCCN(CCN(C)C)c1c(F)cc(CNCC)cc1F. The van der Waals surface area contributed by atoms with Crippen LogP contribution in [-0.2, 0) is 6.54 Å². The standard InChI is InChI=1S/C16H27F2N3/c1-5-7-21(9-8-20(3)4)16-14(17)10-13(11-15(16)18)12-19-6-2/h10-11,19H,5-9,12H2,1-4H3. The largest absolute Gasteiger partial charge is 0.366 e. The van der Waals surface area contributed by atoms with Crippen LogP contribution in [0.25, 0.3) is 0 Å². The molecule has 0 amide bonds. The van der Waals surface area contributed by atoms with Crippen LogP contribution in [0.1, 0.15) is 25.8 Å². The minimum absolute atomic E-state index is 0.0962. The summed E-state index contributed by atoms with van der Waals surface area (Å²) in [6.07, 6.45) is 0.853. The molecule has 0 atom stereocenters. The van der Waals surface area contributed by atoms with Crippen LogP contribution in [0, 0.1) is 11.6 Å². The van der Waals surface area contributed by atoms with Crippen LogP contribution in [-0.4, -0.2) is 45.2 Å². The van der Waals surface area contributed by atoms with E-state index in [2.05, 4.69) is 5.32 Å². The van der Waals surface area contributed by atoms with Crippen molar-refractivity contribution in [1.82, 2.24) is 10.2 Å². The summed E-state index contributed by atoms with van der Waals surface area (Å²) < 4.78 is 28.6. The first-order chi connectivity index (χ1) is 9.99. The number of anilines is 1. The first kappa shape index (κ1) is 17.9. The first-order valence-electron chi connectivity index (χ1n) is 7.57. The summed E-state index contributed by atoms with van der Waals surface area (Å²) in [7, 11) is 3.91. The van der Waals surface area contributed by atoms with Gasteiger partial charge in [0.2, 0.25) is 0 Å². The van der Waals surface area contributed by atoms with Crippen LogP contribution in [0.2, 0.25) is 0 Å². The summed E-state index contributed by atoms with van der Waals surface area (Å²) in [6.45, 7) is 7.25. The fraction of sp³-hybridized carbons (Fsp3) is 0.625. The molecule has 1 aromatic carbocycles. The van der Waals surface area contributed by atoms with Crippen molar-refractivity contribution in [3.8, 4) is 0 Å². The average Bonchev–Trinajstić information content (AvgIpc) is 2.41. The summed E-state index contributed by atoms with van der Waals surface area (Å²) in [4.78, 5) is 3.81. The van der Waals surface area contributed by atoms with Gasteiger partial charge in [0.05, 0.1) is 0 Å². The molecule has 3 nitrogen and oxygen atoms in total. The van der Waals surface area contributed by atoms with Crippen LogP contribution in [0.3, 0.4) is 0 Å². The fourth-order valence-electron chi connectivity index (χ4n) is 2.22. The number of benzene rings is 1. The maximum atomic E-state index is 14.3. The molecular formula is C16H27F2N3. The Bertz CT molecular complexity index is 413. The Hall–Kier alpha value is -1.20. The summed E-state index contributed by atoms with van der Waals surface area (Å²) in [5.74, 6) is -0.954. The van der Waals surface area contributed by atoms with Gasteiger partial charge in [0.25, 0.3) is 0 Å². The topological polar surface area (TPSA) is 18.5 Å². The minimum Gasteiger partial charge on any atom is -0.366 e. The van der Waals surface area contributed by atoms with E-state index in [4.69, 9.17) is 0 Å². The number of nitrogens with zero attached hydrogens (tertiary/aromatic N) is 2. The van der Waals surface area contributed by atoms with Crippen molar-refractivity contribution in [3.63, 3.8) is 0 Å². The van der Waals surface area contributed by atoms with Gasteiger partial charge in [0.1, 0.15) is 17.3 Å². The first-order valence-corrected chi connectivity index (χ1v) is 7.57. The molecule has 0 aliphatic heterocycles. The molecule has 0 saturated carbocycles. The molecule has 120 valence electrons. The predicted molar refractivity (Wildman–Crippen MR) is 84.8 cm³/mol. The Kier molecular flexibility index (Phi) is 7.61. The van der Waals surface area contributed by atoms with Gasteiger partial charge in [0, 0.05) is 26.2 Å². The second-order valence-corrected chi connectivity index (χ2v) is 5.48. The molecule has 1 aromatic rings. The van der Waals surface area contributed by atoms with Crippen molar-refractivity contribution in [2.75, 3.05) is 45.2 Å². The van der Waals surface area contributed by atoms with E-state index in [-0.39, 0.29) is 5.69 Å². The zero-order valence-electron chi connectivity index (χ0n) is 13.5. The van der Waals surface area contributed by atoms with Gasteiger partial charge in [0.15, 0.2) is 0 Å². The Morgan fingerprint density at radius 1 is 1.00 bits per heavy atom. The maximum absolute atomic E-state index is 14.3. The second-order valence-electron chi connectivity index (χ2n) is 5.48. The number of nitrogens with one attached hydrogen (secondary N) is 1. The molecule has 0 spiro atoms. The van der Waals surface area contributed by atoms with Gasteiger partial charge in [-0.3, -0.25) is 0 Å². The average molecular weight is 299 g/mol. The molecule has 1 N–H and O–H groups in total. The zero-order chi connectivity index (χ0) is 15.8. The third-order valence-electron chi connectivity index (χ3n) is 3.28. The van der Waals surface area contributed by atoms with Crippen molar-refractivity contribution in [1.29, 1.82) is 0 Å². The van der Waals surface area contributed by atoms with Crippen molar-refractivity contribution in [2.24, 2.45) is 0 Å². The molecule has 5 heteroatoms. The highest BCUT2D eigenvalue weighted by atomic mass is 19.1. The molecule has 0 saturated heterocycles. The highest BCUT2D eigenvalue weighted by Crippen LogP contribution is 2.25. The minimum atomic E-state index is -0.477. The number of rotatable bonds is 9.